The van der Waals surface area contributed by atoms with E-state index in [1.807, 2.05) is 68.8 Å². The summed E-state index contributed by atoms with van der Waals surface area (Å²) < 4.78 is 0. The highest BCUT2D eigenvalue weighted by Crippen LogP contribution is 2.31. The fraction of sp³-hybridized carbons (Fsp3) is 0.370. The van der Waals surface area contributed by atoms with Crippen LogP contribution in [0.15, 0.2) is 60.4 Å². The second-order valence-corrected chi connectivity index (χ2v) is 8.53. The third kappa shape index (κ3) is 5.96. The molecular weight excluding hydrogens is 410 g/mol. The van der Waals surface area contributed by atoms with E-state index in [1.165, 1.54) is 0 Å². The standard InChI is InChI=1S/C27H35N5O/c1-6-21(15-28-3)25-16-29-26(30-27(25)32-13-9-10-20(17-32)19-33)24-12-8-11-23(14-24)22(7-2)18-31(4)5/h6-8,11-12,14-16,18,20,33H,2,9-10,13,17,19H2,1,3-5H3/b21-6+,22-18+,28-15-. The van der Waals surface area contributed by atoms with E-state index in [1.54, 1.807) is 7.05 Å². The van der Waals surface area contributed by atoms with Crippen LogP contribution in [0.2, 0.25) is 0 Å². The summed E-state index contributed by atoms with van der Waals surface area (Å²) in [6, 6.07) is 8.24. The zero-order chi connectivity index (χ0) is 23.8. The van der Waals surface area contributed by atoms with Crippen molar-refractivity contribution in [3.8, 4) is 11.4 Å². The van der Waals surface area contributed by atoms with Gasteiger partial charge in [-0.25, -0.2) is 9.97 Å². The van der Waals surface area contributed by atoms with Gasteiger partial charge in [-0.3, -0.25) is 4.99 Å². The number of aliphatic hydroxyl groups excluding tert-OH is 1. The summed E-state index contributed by atoms with van der Waals surface area (Å²) in [5.74, 6) is 1.83. The second kappa shape index (κ2) is 11.6. The average molecular weight is 446 g/mol. The molecule has 1 atom stereocenters. The van der Waals surface area contributed by atoms with Crippen molar-refractivity contribution in [1.82, 2.24) is 14.9 Å². The zero-order valence-corrected chi connectivity index (χ0v) is 20.2. The van der Waals surface area contributed by atoms with Gasteiger partial charge in [0.2, 0.25) is 0 Å². The molecule has 0 spiro atoms. The lowest BCUT2D eigenvalue weighted by Crippen LogP contribution is -2.38. The lowest BCUT2D eigenvalue weighted by atomic mass is 9.98. The van der Waals surface area contributed by atoms with Crippen LogP contribution in [0.4, 0.5) is 5.82 Å². The van der Waals surface area contributed by atoms with Crippen molar-refractivity contribution in [1.29, 1.82) is 0 Å². The van der Waals surface area contributed by atoms with Gasteiger partial charge in [-0.2, -0.15) is 0 Å². The van der Waals surface area contributed by atoms with Crippen molar-refractivity contribution in [2.45, 2.75) is 19.8 Å². The van der Waals surface area contributed by atoms with E-state index in [4.69, 9.17) is 9.97 Å². The molecule has 6 heteroatoms. The normalized spacial score (nSPS) is 17.5. The maximum Gasteiger partial charge on any atom is 0.161 e. The highest BCUT2D eigenvalue weighted by Gasteiger charge is 2.24. The molecule has 3 rings (SSSR count). The first-order valence-electron chi connectivity index (χ1n) is 11.4. The predicted octanol–water partition coefficient (Wildman–Crippen LogP) is 4.54. The summed E-state index contributed by atoms with van der Waals surface area (Å²) >= 11 is 0. The Labute approximate surface area is 197 Å². The molecule has 1 aromatic carbocycles. The molecule has 1 aliphatic heterocycles. The van der Waals surface area contributed by atoms with Crippen molar-refractivity contribution < 1.29 is 5.11 Å². The molecule has 1 unspecified atom stereocenters. The molecule has 2 aromatic rings. The smallest absolute Gasteiger partial charge is 0.161 e. The highest BCUT2D eigenvalue weighted by atomic mass is 16.3. The van der Waals surface area contributed by atoms with Crippen LogP contribution in [0.25, 0.3) is 22.5 Å². The minimum atomic E-state index is 0.196. The van der Waals surface area contributed by atoms with E-state index < -0.39 is 0 Å². The first kappa shape index (κ1) is 24.4. The van der Waals surface area contributed by atoms with Crippen LogP contribution in [-0.2, 0) is 0 Å². The Balaban J connectivity index is 2.09. The summed E-state index contributed by atoms with van der Waals surface area (Å²) in [6.45, 7) is 7.86. The number of benzene rings is 1. The minimum Gasteiger partial charge on any atom is -0.396 e. The molecule has 1 saturated heterocycles. The van der Waals surface area contributed by atoms with Crippen LogP contribution in [0, 0.1) is 5.92 Å². The fourth-order valence-electron chi connectivity index (χ4n) is 4.16. The topological polar surface area (TPSA) is 64.9 Å². The Kier molecular flexibility index (Phi) is 8.55. The Morgan fingerprint density at radius 2 is 2.15 bits per heavy atom. The molecule has 0 saturated carbocycles. The van der Waals surface area contributed by atoms with Gasteiger partial charge in [-0.05, 0) is 42.9 Å². The Bertz CT molecular complexity index is 1050. The summed E-state index contributed by atoms with van der Waals surface area (Å²) in [5, 5.41) is 9.76. The van der Waals surface area contributed by atoms with Crippen molar-refractivity contribution >= 4 is 23.2 Å². The van der Waals surface area contributed by atoms with Gasteiger partial charge in [-0.15, -0.1) is 0 Å². The number of aliphatic hydroxyl groups is 1. The summed E-state index contributed by atoms with van der Waals surface area (Å²) in [6.07, 6.45) is 11.8. The number of rotatable bonds is 8. The Morgan fingerprint density at radius 1 is 1.33 bits per heavy atom. The molecule has 2 heterocycles. The van der Waals surface area contributed by atoms with Crippen molar-refractivity contribution in [3.63, 3.8) is 0 Å². The molecule has 6 nitrogen and oxygen atoms in total. The van der Waals surface area contributed by atoms with Crippen LogP contribution >= 0.6 is 0 Å². The third-order valence-corrected chi connectivity index (χ3v) is 5.81. The van der Waals surface area contributed by atoms with Gasteiger partial charge >= 0.3 is 0 Å². The quantitative estimate of drug-likeness (QED) is 0.477. The molecule has 1 fully saturated rings. The number of hydrogen-bond donors (Lipinski definition) is 1. The van der Waals surface area contributed by atoms with E-state index in [9.17, 15) is 5.11 Å². The van der Waals surface area contributed by atoms with Gasteiger partial charge in [0.1, 0.15) is 5.82 Å². The number of nitrogens with zero attached hydrogens (tertiary/aromatic N) is 5. The summed E-state index contributed by atoms with van der Waals surface area (Å²) in [5.41, 5.74) is 5.00. The second-order valence-electron chi connectivity index (χ2n) is 8.53. The average Bonchev–Trinajstić information content (AvgIpc) is 2.85. The SMILES string of the molecule is C=C/C(=C\N(C)C)c1cccc(-c2ncc(C(/C=N\C)=C/C)c(N3CCCC(CO)C3)n2)c1. The molecule has 1 aliphatic rings. The molecule has 0 bridgehead atoms. The number of hydrogen-bond acceptors (Lipinski definition) is 6. The van der Waals surface area contributed by atoms with Crippen LogP contribution in [0.5, 0.6) is 0 Å². The van der Waals surface area contributed by atoms with Crippen LogP contribution < -0.4 is 4.90 Å². The predicted molar refractivity (Wildman–Crippen MR) is 139 cm³/mol. The lowest BCUT2D eigenvalue weighted by Gasteiger charge is -2.34. The highest BCUT2D eigenvalue weighted by molar-refractivity contribution is 6.11. The third-order valence-electron chi connectivity index (χ3n) is 5.81. The minimum absolute atomic E-state index is 0.196. The van der Waals surface area contributed by atoms with E-state index in [2.05, 4.69) is 28.6 Å². The molecule has 0 radical (unpaired) electrons. The van der Waals surface area contributed by atoms with Gasteiger partial charge in [-0.1, -0.05) is 36.9 Å². The molecule has 1 aromatic heterocycles. The van der Waals surface area contributed by atoms with Gasteiger partial charge < -0.3 is 14.9 Å². The summed E-state index contributed by atoms with van der Waals surface area (Å²) in [4.78, 5) is 18.3. The number of piperidine rings is 1. The molecule has 0 amide bonds. The lowest BCUT2D eigenvalue weighted by molar-refractivity contribution is 0.208. The van der Waals surface area contributed by atoms with Crippen LogP contribution in [-0.4, -0.2) is 67.0 Å². The maximum atomic E-state index is 9.76. The molecule has 0 aliphatic carbocycles. The zero-order valence-electron chi connectivity index (χ0n) is 20.2. The van der Waals surface area contributed by atoms with Crippen molar-refractivity contribution in [2.75, 3.05) is 45.7 Å². The van der Waals surface area contributed by atoms with Gasteiger partial charge in [0.15, 0.2) is 5.82 Å². The summed E-state index contributed by atoms with van der Waals surface area (Å²) in [7, 11) is 5.77. The van der Waals surface area contributed by atoms with Crippen molar-refractivity contribution in [3.05, 3.63) is 66.5 Å². The Morgan fingerprint density at radius 3 is 2.82 bits per heavy atom. The monoisotopic (exact) mass is 445 g/mol. The fourth-order valence-corrected chi connectivity index (χ4v) is 4.16. The number of allylic oxidation sites excluding steroid dienone is 4. The van der Waals surface area contributed by atoms with Gasteiger partial charge in [0, 0.05) is 76.2 Å². The van der Waals surface area contributed by atoms with E-state index >= 15 is 0 Å². The van der Waals surface area contributed by atoms with Gasteiger partial charge in [0.05, 0.1) is 0 Å². The maximum absolute atomic E-state index is 9.76. The number of aliphatic imine (C=N–C) groups is 1. The largest absolute Gasteiger partial charge is 0.396 e. The first-order valence-corrected chi connectivity index (χ1v) is 11.4. The Hall–Kier alpha value is -3.25. The number of aromatic nitrogens is 2. The molecular formula is C27H35N5O. The molecule has 1 N–H and O–H groups in total. The van der Waals surface area contributed by atoms with Crippen LogP contribution in [0.3, 0.4) is 0 Å². The van der Waals surface area contributed by atoms with Crippen molar-refractivity contribution in [2.24, 2.45) is 10.9 Å². The molecule has 174 valence electrons. The molecule has 33 heavy (non-hydrogen) atoms. The van der Waals surface area contributed by atoms with Crippen LogP contribution in [0.1, 0.15) is 30.9 Å². The van der Waals surface area contributed by atoms with E-state index in [0.717, 1.165) is 59.6 Å². The van der Waals surface area contributed by atoms with E-state index in [0.29, 0.717) is 5.82 Å². The van der Waals surface area contributed by atoms with E-state index in [-0.39, 0.29) is 12.5 Å². The number of anilines is 1. The first-order chi connectivity index (χ1) is 16.0. The van der Waals surface area contributed by atoms with Gasteiger partial charge in [0.25, 0.3) is 0 Å².